The summed E-state index contributed by atoms with van der Waals surface area (Å²) < 4.78 is 5.33. The van der Waals surface area contributed by atoms with Crippen LogP contribution in [0.2, 0.25) is 5.02 Å². The Morgan fingerprint density at radius 1 is 1.21 bits per heavy atom. The predicted molar refractivity (Wildman–Crippen MR) is 132 cm³/mol. The van der Waals surface area contributed by atoms with E-state index in [1.165, 1.54) is 5.56 Å². The lowest BCUT2D eigenvalue weighted by Gasteiger charge is -2.38. The number of benzene rings is 2. The fourth-order valence-corrected chi connectivity index (χ4v) is 5.32. The van der Waals surface area contributed by atoms with Crippen LogP contribution in [-0.2, 0) is 9.53 Å². The summed E-state index contributed by atoms with van der Waals surface area (Å²) >= 11 is 6.54. The van der Waals surface area contributed by atoms with E-state index in [-0.39, 0.29) is 11.9 Å². The van der Waals surface area contributed by atoms with E-state index in [1.807, 2.05) is 25.1 Å². The number of hydrogen-bond donors (Lipinski definition) is 2. The van der Waals surface area contributed by atoms with Crippen LogP contribution in [0.15, 0.2) is 59.7 Å². The first-order chi connectivity index (χ1) is 16.1. The number of carbonyl (C=O) groups is 1. The van der Waals surface area contributed by atoms with E-state index in [0.29, 0.717) is 31.6 Å². The number of hydrazone groups is 1. The molecule has 3 atom stereocenters. The molecule has 33 heavy (non-hydrogen) atoms. The Morgan fingerprint density at radius 2 is 2.03 bits per heavy atom. The van der Waals surface area contributed by atoms with E-state index in [4.69, 9.17) is 16.3 Å². The number of halogens is 1. The molecule has 1 saturated heterocycles. The molecule has 0 bridgehead atoms. The number of anilines is 1. The number of ether oxygens (including phenoxy) is 1. The number of hydrogen-bond acceptors (Lipinski definition) is 5. The van der Waals surface area contributed by atoms with Gasteiger partial charge in [0.1, 0.15) is 0 Å². The molecule has 2 aliphatic heterocycles. The Labute approximate surface area is 199 Å². The van der Waals surface area contributed by atoms with Gasteiger partial charge < -0.3 is 10.1 Å². The van der Waals surface area contributed by atoms with Crippen molar-refractivity contribution < 1.29 is 9.53 Å². The van der Waals surface area contributed by atoms with Crippen LogP contribution < -0.4 is 10.7 Å². The third-order valence-corrected chi connectivity index (χ3v) is 7.18. The van der Waals surface area contributed by atoms with Crippen molar-refractivity contribution in [1.29, 1.82) is 0 Å². The standard InChI is InChI=1S/C26H29ClN4O2/c1-17(29-30-25(32)16-31-11-13-33-14-12-31)18-9-10-24-22(15-18)19-6-4-7-20(19)26(28-24)21-5-2-3-8-23(21)27/h2-6,8-10,15,19-20,26,28H,7,11-14,16H2,1H3,(H,30,32)/b29-17-/t19-,20+,26+/m0/s1. The van der Waals surface area contributed by atoms with Crippen molar-refractivity contribution in [3.05, 3.63) is 76.3 Å². The Bertz CT molecular complexity index is 1090. The molecule has 2 heterocycles. The van der Waals surface area contributed by atoms with Gasteiger partial charge in [0, 0.05) is 29.7 Å². The molecule has 1 aliphatic carbocycles. The van der Waals surface area contributed by atoms with Gasteiger partial charge in [0.05, 0.1) is 31.5 Å². The maximum Gasteiger partial charge on any atom is 0.254 e. The van der Waals surface area contributed by atoms with Crippen molar-refractivity contribution in [3.8, 4) is 0 Å². The van der Waals surface area contributed by atoms with E-state index in [2.05, 4.69) is 57.2 Å². The molecule has 2 aromatic rings. The molecular formula is C26H29ClN4O2. The van der Waals surface area contributed by atoms with E-state index in [0.717, 1.165) is 47.1 Å². The Morgan fingerprint density at radius 3 is 2.85 bits per heavy atom. The SMILES string of the molecule is C/C(=N/NC(=O)CN1CCOCC1)c1ccc2c(c1)[C@H]1C=CC[C@H]1[C@H](c1ccccc1Cl)N2. The van der Waals surface area contributed by atoms with Crippen molar-refractivity contribution in [3.63, 3.8) is 0 Å². The lowest BCUT2D eigenvalue weighted by molar-refractivity contribution is -0.123. The van der Waals surface area contributed by atoms with Crippen molar-refractivity contribution in [1.82, 2.24) is 10.3 Å². The van der Waals surface area contributed by atoms with E-state index in [1.54, 1.807) is 0 Å². The molecule has 1 fully saturated rings. The summed E-state index contributed by atoms with van der Waals surface area (Å²) in [6.45, 7) is 5.17. The molecule has 3 aliphatic rings. The van der Waals surface area contributed by atoms with Crippen LogP contribution in [0.25, 0.3) is 0 Å². The van der Waals surface area contributed by atoms with E-state index in [9.17, 15) is 4.79 Å². The van der Waals surface area contributed by atoms with Crippen LogP contribution in [0, 0.1) is 5.92 Å². The molecule has 1 amide bonds. The monoisotopic (exact) mass is 464 g/mol. The molecule has 0 radical (unpaired) electrons. The molecule has 0 unspecified atom stereocenters. The lowest BCUT2D eigenvalue weighted by atomic mass is 9.76. The first-order valence-corrected chi connectivity index (χ1v) is 11.9. The summed E-state index contributed by atoms with van der Waals surface area (Å²) in [5, 5.41) is 8.91. The van der Waals surface area contributed by atoms with Gasteiger partial charge in [-0.25, -0.2) is 5.43 Å². The number of amides is 1. The third-order valence-electron chi connectivity index (χ3n) is 6.84. The summed E-state index contributed by atoms with van der Waals surface area (Å²) in [5.41, 5.74) is 8.05. The highest BCUT2D eigenvalue weighted by Gasteiger charge is 2.38. The third kappa shape index (κ3) is 4.69. The van der Waals surface area contributed by atoms with Crippen molar-refractivity contribution in [2.24, 2.45) is 11.0 Å². The van der Waals surface area contributed by atoms with Crippen LogP contribution in [0.5, 0.6) is 0 Å². The van der Waals surface area contributed by atoms with Crippen LogP contribution in [0.4, 0.5) is 5.69 Å². The number of allylic oxidation sites excluding steroid dienone is 2. The van der Waals surface area contributed by atoms with E-state index >= 15 is 0 Å². The molecule has 6 nitrogen and oxygen atoms in total. The average molecular weight is 465 g/mol. The van der Waals surface area contributed by atoms with Gasteiger partial charge in [0.15, 0.2) is 0 Å². The van der Waals surface area contributed by atoms with Crippen LogP contribution in [-0.4, -0.2) is 49.4 Å². The molecular weight excluding hydrogens is 436 g/mol. The van der Waals surface area contributed by atoms with Crippen molar-refractivity contribution >= 4 is 28.9 Å². The minimum Gasteiger partial charge on any atom is -0.379 e. The largest absolute Gasteiger partial charge is 0.379 e. The summed E-state index contributed by atoms with van der Waals surface area (Å²) in [7, 11) is 0. The quantitative estimate of drug-likeness (QED) is 0.392. The van der Waals surface area contributed by atoms with Gasteiger partial charge in [-0.3, -0.25) is 9.69 Å². The summed E-state index contributed by atoms with van der Waals surface area (Å²) in [6, 6.07) is 14.6. The fourth-order valence-electron chi connectivity index (χ4n) is 5.06. The normalized spacial score (nSPS) is 24.7. The molecule has 0 saturated carbocycles. The number of fused-ring (bicyclic) bond motifs is 3. The van der Waals surface area contributed by atoms with Gasteiger partial charge in [-0.1, -0.05) is 48.0 Å². The molecule has 172 valence electrons. The van der Waals surface area contributed by atoms with Gasteiger partial charge in [0.25, 0.3) is 5.91 Å². The molecule has 2 aromatic carbocycles. The Kier molecular flexibility index (Phi) is 6.49. The number of nitrogens with one attached hydrogen (secondary N) is 2. The second kappa shape index (κ2) is 9.67. The smallest absolute Gasteiger partial charge is 0.254 e. The maximum absolute atomic E-state index is 12.3. The number of morpholine rings is 1. The second-order valence-electron chi connectivity index (χ2n) is 8.92. The average Bonchev–Trinajstić information content (AvgIpc) is 3.33. The first kappa shape index (κ1) is 22.1. The van der Waals surface area contributed by atoms with Gasteiger partial charge in [-0.15, -0.1) is 0 Å². The second-order valence-corrected chi connectivity index (χ2v) is 9.33. The zero-order chi connectivity index (χ0) is 22.8. The number of rotatable bonds is 5. The Balaban J connectivity index is 1.33. The van der Waals surface area contributed by atoms with Crippen LogP contribution in [0.1, 0.15) is 42.0 Å². The lowest BCUT2D eigenvalue weighted by Crippen LogP contribution is -2.42. The highest BCUT2D eigenvalue weighted by molar-refractivity contribution is 6.31. The summed E-state index contributed by atoms with van der Waals surface area (Å²) in [5.74, 6) is 0.640. The topological polar surface area (TPSA) is 66.0 Å². The number of nitrogens with zero attached hydrogens (tertiary/aromatic N) is 2. The van der Waals surface area contributed by atoms with Gasteiger partial charge in [-0.05, 0) is 54.2 Å². The highest BCUT2D eigenvalue weighted by Crippen LogP contribution is 2.50. The molecule has 0 spiro atoms. The summed E-state index contributed by atoms with van der Waals surface area (Å²) in [4.78, 5) is 14.4. The van der Waals surface area contributed by atoms with Crippen molar-refractivity contribution in [2.75, 3.05) is 38.2 Å². The van der Waals surface area contributed by atoms with Crippen LogP contribution >= 0.6 is 11.6 Å². The Hall–Kier alpha value is -2.67. The number of carbonyl (C=O) groups excluding carboxylic acids is 1. The summed E-state index contributed by atoms with van der Waals surface area (Å²) in [6.07, 6.45) is 5.60. The molecule has 7 heteroatoms. The molecule has 2 N–H and O–H groups in total. The van der Waals surface area contributed by atoms with Crippen LogP contribution in [0.3, 0.4) is 0 Å². The predicted octanol–water partition coefficient (Wildman–Crippen LogP) is 4.34. The molecule has 0 aromatic heterocycles. The van der Waals surface area contributed by atoms with Crippen molar-refractivity contribution in [2.45, 2.75) is 25.3 Å². The molecule has 5 rings (SSSR count). The van der Waals surface area contributed by atoms with Gasteiger partial charge in [-0.2, -0.15) is 5.10 Å². The van der Waals surface area contributed by atoms with Gasteiger partial charge >= 0.3 is 0 Å². The van der Waals surface area contributed by atoms with E-state index < -0.39 is 0 Å². The maximum atomic E-state index is 12.3. The first-order valence-electron chi connectivity index (χ1n) is 11.6. The minimum atomic E-state index is -0.0998. The zero-order valence-corrected chi connectivity index (χ0v) is 19.5. The highest BCUT2D eigenvalue weighted by atomic mass is 35.5. The fraction of sp³-hybridized carbons (Fsp3) is 0.385. The zero-order valence-electron chi connectivity index (χ0n) is 18.8. The minimum absolute atomic E-state index is 0.0998. The van der Waals surface area contributed by atoms with Gasteiger partial charge in [0.2, 0.25) is 0 Å².